The fraction of sp³-hybridized carbons (Fsp3) is 0.211. The third kappa shape index (κ3) is 5.34. The summed E-state index contributed by atoms with van der Waals surface area (Å²) in [5, 5.41) is 7.12. The normalized spacial score (nSPS) is 10.3. The van der Waals surface area contributed by atoms with Gasteiger partial charge in [-0.15, -0.1) is 11.3 Å². The minimum Gasteiger partial charge on any atom is -0.493 e. The van der Waals surface area contributed by atoms with Crippen LogP contribution >= 0.6 is 11.3 Å². The Morgan fingerprint density at radius 1 is 1.21 bits per heavy atom. The number of ether oxygens (including phenoxy) is 2. The number of rotatable bonds is 9. The first-order valence-corrected chi connectivity index (χ1v) is 9.35. The molecular weight excluding hydrogens is 382 g/mol. The third-order valence-corrected chi connectivity index (χ3v) is 4.37. The minimum atomic E-state index is -0.391. The van der Waals surface area contributed by atoms with E-state index in [0.717, 1.165) is 5.69 Å². The molecule has 0 radical (unpaired) electrons. The second-order valence-electron chi connectivity index (χ2n) is 5.67. The smallest absolute Gasteiger partial charge is 0.251 e. The number of methoxy groups -OCH3 is 1. The maximum atomic E-state index is 12.3. The molecule has 2 N–H and O–H groups in total. The lowest BCUT2D eigenvalue weighted by atomic mass is 10.2. The Labute approximate surface area is 165 Å². The highest BCUT2D eigenvalue weighted by atomic mass is 32.1. The number of nitrogens with one attached hydrogen (secondary N) is 2. The van der Waals surface area contributed by atoms with Crippen LogP contribution in [0, 0.1) is 0 Å². The SMILES string of the molecule is COc1cc(C(=O)NCC(=O)NCc2ccco2)ccc1OCc1cscn1. The van der Waals surface area contributed by atoms with Gasteiger partial charge < -0.3 is 24.5 Å². The lowest BCUT2D eigenvalue weighted by molar-refractivity contribution is -0.120. The van der Waals surface area contributed by atoms with Gasteiger partial charge in [0.1, 0.15) is 12.4 Å². The second kappa shape index (κ2) is 9.56. The number of amides is 2. The van der Waals surface area contributed by atoms with E-state index in [4.69, 9.17) is 13.9 Å². The number of benzene rings is 1. The predicted molar refractivity (Wildman–Crippen MR) is 102 cm³/mol. The van der Waals surface area contributed by atoms with Gasteiger partial charge in [0, 0.05) is 10.9 Å². The van der Waals surface area contributed by atoms with Crippen molar-refractivity contribution in [1.29, 1.82) is 0 Å². The van der Waals surface area contributed by atoms with Crippen LogP contribution in [0.15, 0.2) is 51.9 Å². The van der Waals surface area contributed by atoms with Crippen LogP contribution in [0.2, 0.25) is 0 Å². The van der Waals surface area contributed by atoms with Gasteiger partial charge in [0.05, 0.1) is 37.7 Å². The van der Waals surface area contributed by atoms with E-state index >= 15 is 0 Å². The van der Waals surface area contributed by atoms with Gasteiger partial charge in [-0.3, -0.25) is 9.59 Å². The van der Waals surface area contributed by atoms with Crippen molar-refractivity contribution < 1.29 is 23.5 Å². The van der Waals surface area contributed by atoms with Crippen molar-refractivity contribution in [3.63, 3.8) is 0 Å². The van der Waals surface area contributed by atoms with Crippen LogP contribution in [0.5, 0.6) is 11.5 Å². The highest BCUT2D eigenvalue weighted by molar-refractivity contribution is 7.07. The number of hydrogen-bond acceptors (Lipinski definition) is 7. The summed E-state index contributed by atoms with van der Waals surface area (Å²) < 4.78 is 16.1. The van der Waals surface area contributed by atoms with Crippen molar-refractivity contribution in [2.75, 3.05) is 13.7 Å². The van der Waals surface area contributed by atoms with Crippen molar-refractivity contribution in [3.8, 4) is 11.5 Å². The molecular formula is C19H19N3O5S. The summed E-state index contributed by atoms with van der Waals surface area (Å²) >= 11 is 1.49. The van der Waals surface area contributed by atoms with E-state index in [1.807, 2.05) is 5.38 Å². The molecule has 1 aromatic carbocycles. The Morgan fingerprint density at radius 2 is 2.11 bits per heavy atom. The minimum absolute atomic E-state index is 0.149. The fourth-order valence-corrected chi connectivity index (χ4v) is 2.86. The van der Waals surface area contributed by atoms with Gasteiger partial charge in [-0.05, 0) is 30.3 Å². The summed E-state index contributed by atoms with van der Waals surface area (Å²) in [6.45, 7) is 0.422. The Morgan fingerprint density at radius 3 is 2.82 bits per heavy atom. The molecule has 28 heavy (non-hydrogen) atoms. The van der Waals surface area contributed by atoms with Gasteiger partial charge in [-0.2, -0.15) is 0 Å². The molecule has 0 aliphatic rings. The molecule has 0 saturated carbocycles. The van der Waals surface area contributed by atoms with Crippen LogP contribution in [0.25, 0.3) is 0 Å². The number of thiazole rings is 1. The van der Waals surface area contributed by atoms with Crippen molar-refractivity contribution in [2.24, 2.45) is 0 Å². The average Bonchev–Trinajstić information content (AvgIpc) is 3.42. The monoisotopic (exact) mass is 401 g/mol. The Balaban J connectivity index is 1.51. The Kier molecular flexibility index (Phi) is 6.64. The van der Waals surface area contributed by atoms with Gasteiger partial charge in [-0.1, -0.05) is 0 Å². The molecule has 0 aliphatic carbocycles. The van der Waals surface area contributed by atoms with Gasteiger partial charge in [-0.25, -0.2) is 4.98 Å². The molecule has 0 atom stereocenters. The molecule has 2 heterocycles. The van der Waals surface area contributed by atoms with E-state index in [1.54, 1.807) is 35.8 Å². The first-order chi connectivity index (χ1) is 13.7. The van der Waals surface area contributed by atoms with Gasteiger partial charge in [0.2, 0.25) is 5.91 Å². The highest BCUT2D eigenvalue weighted by Gasteiger charge is 2.13. The van der Waals surface area contributed by atoms with E-state index < -0.39 is 5.91 Å². The van der Waals surface area contributed by atoms with Gasteiger partial charge >= 0.3 is 0 Å². The fourth-order valence-electron chi connectivity index (χ4n) is 2.31. The summed E-state index contributed by atoms with van der Waals surface area (Å²) in [6.07, 6.45) is 1.53. The first kappa shape index (κ1) is 19.4. The number of aromatic nitrogens is 1. The average molecular weight is 401 g/mol. The number of nitrogens with zero attached hydrogens (tertiary/aromatic N) is 1. The predicted octanol–water partition coefficient (Wildman–Crippen LogP) is 2.37. The Hall–Kier alpha value is -3.33. The van der Waals surface area contributed by atoms with Crippen LogP contribution in [-0.4, -0.2) is 30.5 Å². The zero-order chi connectivity index (χ0) is 19.8. The molecule has 3 rings (SSSR count). The number of carbonyl (C=O) groups is 2. The number of carbonyl (C=O) groups excluding carboxylic acids is 2. The molecule has 0 aliphatic heterocycles. The van der Waals surface area contributed by atoms with Crippen LogP contribution < -0.4 is 20.1 Å². The Bertz CT molecular complexity index is 910. The van der Waals surface area contributed by atoms with Crippen molar-refractivity contribution in [1.82, 2.24) is 15.6 Å². The van der Waals surface area contributed by atoms with Gasteiger partial charge in [0.15, 0.2) is 11.5 Å². The molecule has 2 aromatic heterocycles. The van der Waals surface area contributed by atoms with Gasteiger partial charge in [0.25, 0.3) is 5.91 Å². The molecule has 146 valence electrons. The molecule has 0 saturated heterocycles. The zero-order valence-electron chi connectivity index (χ0n) is 15.1. The van der Waals surface area contributed by atoms with E-state index in [9.17, 15) is 9.59 Å². The quantitative estimate of drug-likeness (QED) is 0.571. The molecule has 3 aromatic rings. The van der Waals surface area contributed by atoms with E-state index in [1.165, 1.54) is 24.7 Å². The maximum absolute atomic E-state index is 12.3. The molecule has 0 unspecified atom stereocenters. The van der Waals surface area contributed by atoms with Crippen LogP contribution in [-0.2, 0) is 17.9 Å². The second-order valence-corrected chi connectivity index (χ2v) is 6.39. The largest absolute Gasteiger partial charge is 0.493 e. The van der Waals surface area contributed by atoms with Crippen LogP contribution in [0.4, 0.5) is 0 Å². The molecule has 9 heteroatoms. The summed E-state index contributed by atoms with van der Waals surface area (Å²) in [7, 11) is 1.49. The summed E-state index contributed by atoms with van der Waals surface area (Å²) in [4.78, 5) is 28.3. The van der Waals surface area contributed by atoms with Crippen molar-refractivity contribution >= 4 is 23.2 Å². The zero-order valence-corrected chi connectivity index (χ0v) is 16.0. The molecule has 0 fully saturated rings. The maximum Gasteiger partial charge on any atom is 0.251 e. The van der Waals surface area contributed by atoms with Crippen molar-refractivity contribution in [3.05, 3.63) is 64.5 Å². The molecule has 0 spiro atoms. The third-order valence-electron chi connectivity index (χ3n) is 3.73. The highest BCUT2D eigenvalue weighted by Crippen LogP contribution is 2.28. The molecule has 8 nitrogen and oxygen atoms in total. The van der Waals surface area contributed by atoms with E-state index in [-0.39, 0.29) is 19.0 Å². The van der Waals surface area contributed by atoms with E-state index in [0.29, 0.717) is 29.4 Å². The lowest BCUT2D eigenvalue weighted by Gasteiger charge is -2.12. The standard InChI is InChI=1S/C19H19N3O5S/c1-25-17-7-13(4-5-16(17)27-10-14-11-28-12-22-14)19(24)21-9-18(23)20-8-15-3-2-6-26-15/h2-7,11-12H,8-10H2,1H3,(H,20,23)(H,21,24). The van der Waals surface area contributed by atoms with Crippen molar-refractivity contribution in [2.45, 2.75) is 13.2 Å². The lowest BCUT2D eigenvalue weighted by Crippen LogP contribution is -2.36. The summed E-state index contributed by atoms with van der Waals surface area (Å²) in [6, 6.07) is 8.31. The van der Waals surface area contributed by atoms with E-state index in [2.05, 4.69) is 15.6 Å². The van der Waals surface area contributed by atoms with Crippen LogP contribution in [0.1, 0.15) is 21.8 Å². The van der Waals surface area contributed by atoms with Crippen LogP contribution in [0.3, 0.4) is 0 Å². The molecule has 2 amide bonds. The first-order valence-electron chi connectivity index (χ1n) is 8.41. The number of furan rings is 1. The summed E-state index contributed by atoms with van der Waals surface area (Å²) in [5.74, 6) is 0.850. The topological polar surface area (TPSA) is 103 Å². The number of hydrogen-bond donors (Lipinski definition) is 2. The molecule has 0 bridgehead atoms. The summed E-state index contributed by atoms with van der Waals surface area (Å²) in [5.41, 5.74) is 2.90.